The van der Waals surface area contributed by atoms with E-state index in [-0.39, 0.29) is 0 Å². The Bertz CT molecular complexity index is 983. The fraction of sp³-hybridized carbons (Fsp3) is 0.476. The number of fused-ring (bicyclic) bond motifs is 1. The van der Waals surface area contributed by atoms with Gasteiger partial charge >= 0.3 is 0 Å². The molecule has 0 bridgehead atoms. The summed E-state index contributed by atoms with van der Waals surface area (Å²) in [5.74, 6) is 1.78. The maximum Gasteiger partial charge on any atom is 0.160 e. The number of ether oxygens (including phenoxy) is 2. The Morgan fingerprint density at radius 2 is 1.83 bits per heavy atom. The van der Waals surface area contributed by atoms with Crippen molar-refractivity contribution >= 4 is 34.1 Å². The first-order valence-corrected chi connectivity index (χ1v) is 10.3. The lowest BCUT2D eigenvalue weighted by Gasteiger charge is -2.17. The van der Waals surface area contributed by atoms with Crippen LogP contribution in [0.1, 0.15) is 51.3 Å². The Kier molecular flexibility index (Phi) is 6.79. The Morgan fingerprint density at radius 1 is 1.10 bits per heavy atom. The van der Waals surface area contributed by atoms with Crippen molar-refractivity contribution in [2.24, 2.45) is 0 Å². The van der Waals surface area contributed by atoms with Crippen molar-refractivity contribution in [2.45, 2.75) is 52.5 Å². The Morgan fingerprint density at radius 3 is 2.45 bits per heavy atom. The minimum absolute atomic E-state index is 0.323. The van der Waals surface area contributed by atoms with Gasteiger partial charge < -0.3 is 14.8 Å². The van der Waals surface area contributed by atoms with E-state index in [1.807, 2.05) is 17.7 Å². The summed E-state index contributed by atoms with van der Waals surface area (Å²) in [4.78, 5) is 4.65. The average Bonchev–Trinajstić information content (AvgIpc) is 3.12. The van der Waals surface area contributed by atoms with Gasteiger partial charge in [-0.05, 0) is 25.8 Å². The monoisotopic (exact) mass is 417 g/mol. The van der Waals surface area contributed by atoms with Gasteiger partial charge in [-0.3, -0.25) is 0 Å². The topological polar surface area (TPSA) is 74.1 Å². The van der Waals surface area contributed by atoms with Crippen LogP contribution in [0.2, 0.25) is 5.02 Å². The summed E-state index contributed by atoms with van der Waals surface area (Å²) in [6.07, 6.45) is 4.32. The highest BCUT2D eigenvalue weighted by molar-refractivity contribution is 6.34. The number of anilines is 2. The molecule has 8 heteroatoms. The Labute approximate surface area is 176 Å². The van der Waals surface area contributed by atoms with Crippen molar-refractivity contribution < 1.29 is 9.47 Å². The van der Waals surface area contributed by atoms with Crippen LogP contribution in [0.3, 0.4) is 0 Å². The maximum absolute atomic E-state index is 6.48. The molecule has 0 saturated heterocycles. The third-order valence-electron chi connectivity index (χ3n) is 4.90. The Hall–Kier alpha value is -2.54. The van der Waals surface area contributed by atoms with Crippen LogP contribution in [-0.2, 0) is 0 Å². The van der Waals surface area contributed by atoms with Crippen LogP contribution in [0.25, 0.3) is 11.0 Å². The molecule has 0 aliphatic carbocycles. The molecule has 7 nitrogen and oxygen atoms in total. The SMILES string of the molecule is CCCC(CCC)n1nnc2c(Nc3c(Cl)cc(OC)cc3OC)nc(C)cc21. The minimum Gasteiger partial charge on any atom is -0.497 e. The number of rotatable bonds is 9. The van der Waals surface area contributed by atoms with Crippen LogP contribution in [0.4, 0.5) is 11.5 Å². The molecule has 0 saturated carbocycles. The molecule has 0 fully saturated rings. The number of benzene rings is 1. The van der Waals surface area contributed by atoms with E-state index in [2.05, 4.69) is 34.5 Å². The summed E-state index contributed by atoms with van der Waals surface area (Å²) in [5, 5.41) is 12.7. The predicted octanol–water partition coefficient (Wildman–Crippen LogP) is 5.69. The van der Waals surface area contributed by atoms with Crippen molar-refractivity contribution in [1.29, 1.82) is 0 Å². The first kappa shape index (κ1) is 21.2. The fourth-order valence-electron chi connectivity index (χ4n) is 3.55. The van der Waals surface area contributed by atoms with Gasteiger partial charge in [-0.2, -0.15) is 0 Å². The number of hydrogen-bond acceptors (Lipinski definition) is 6. The van der Waals surface area contributed by atoms with Crippen LogP contribution in [0, 0.1) is 6.92 Å². The van der Waals surface area contributed by atoms with Gasteiger partial charge in [0.15, 0.2) is 11.3 Å². The molecule has 0 unspecified atom stereocenters. The van der Waals surface area contributed by atoms with E-state index in [4.69, 9.17) is 21.1 Å². The largest absolute Gasteiger partial charge is 0.497 e. The normalized spacial score (nSPS) is 11.3. The van der Waals surface area contributed by atoms with Crippen molar-refractivity contribution in [3.8, 4) is 11.5 Å². The zero-order valence-corrected chi connectivity index (χ0v) is 18.4. The lowest BCUT2D eigenvalue weighted by Crippen LogP contribution is -2.10. The quantitative estimate of drug-likeness (QED) is 0.482. The summed E-state index contributed by atoms with van der Waals surface area (Å²) >= 11 is 6.48. The fourth-order valence-corrected chi connectivity index (χ4v) is 3.80. The molecule has 29 heavy (non-hydrogen) atoms. The summed E-state index contributed by atoms with van der Waals surface area (Å²) in [7, 11) is 3.18. The second kappa shape index (κ2) is 9.31. The maximum atomic E-state index is 6.48. The number of pyridine rings is 1. The lowest BCUT2D eigenvalue weighted by atomic mass is 10.1. The van der Waals surface area contributed by atoms with E-state index in [9.17, 15) is 0 Å². The number of nitrogens with zero attached hydrogens (tertiary/aromatic N) is 4. The van der Waals surface area contributed by atoms with E-state index in [0.717, 1.165) is 36.9 Å². The molecule has 0 radical (unpaired) electrons. The van der Waals surface area contributed by atoms with Crippen LogP contribution >= 0.6 is 11.6 Å². The highest BCUT2D eigenvalue weighted by Crippen LogP contribution is 2.39. The molecule has 2 heterocycles. The summed E-state index contributed by atoms with van der Waals surface area (Å²) in [6, 6.07) is 5.86. The molecule has 0 aliphatic heterocycles. The molecule has 0 aliphatic rings. The van der Waals surface area contributed by atoms with Crippen LogP contribution in [-0.4, -0.2) is 34.2 Å². The number of halogens is 1. The van der Waals surface area contributed by atoms with Gasteiger partial charge in [0, 0.05) is 17.8 Å². The lowest BCUT2D eigenvalue weighted by molar-refractivity contribution is 0.393. The summed E-state index contributed by atoms with van der Waals surface area (Å²) in [5.41, 5.74) is 3.17. The molecule has 3 rings (SSSR count). The molecule has 3 aromatic rings. The van der Waals surface area contributed by atoms with Crippen LogP contribution < -0.4 is 14.8 Å². The van der Waals surface area contributed by atoms with Gasteiger partial charge in [-0.1, -0.05) is 43.5 Å². The molecule has 156 valence electrons. The van der Waals surface area contributed by atoms with Gasteiger partial charge in [0.05, 0.1) is 30.8 Å². The van der Waals surface area contributed by atoms with Gasteiger partial charge in [-0.15, -0.1) is 5.10 Å². The molecule has 2 aromatic heterocycles. The van der Waals surface area contributed by atoms with Gasteiger partial charge in [-0.25, -0.2) is 9.67 Å². The zero-order valence-electron chi connectivity index (χ0n) is 17.6. The summed E-state index contributed by atoms with van der Waals surface area (Å²) < 4.78 is 12.8. The van der Waals surface area contributed by atoms with Crippen LogP contribution in [0.15, 0.2) is 18.2 Å². The minimum atomic E-state index is 0.323. The second-order valence-electron chi connectivity index (χ2n) is 7.06. The number of aryl methyl sites for hydroxylation is 1. The summed E-state index contributed by atoms with van der Waals surface area (Å²) in [6.45, 7) is 6.35. The van der Waals surface area contributed by atoms with Gasteiger partial charge in [0.25, 0.3) is 0 Å². The molecule has 1 N–H and O–H groups in total. The smallest absolute Gasteiger partial charge is 0.160 e. The molecular weight excluding hydrogens is 390 g/mol. The van der Waals surface area contributed by atoms with E-state index < -0.39 is 0 Å². The van der Waals surface area contributed by atoms with Crippen LogP contribution in [0.5, 0.6) is 11.5 Å². The van der Waals surface area contributed by atoms with E-state index in [0.29, 0.717) is 39.6 Å². The van der Waals surface area contributed by atoms with E-state index in [1.54, 1.807) is 26.4 Å². The van der Waals surface area contributed by atoms with Crippen molar-refractivity contribution in [3.05, 3.63) is 28.9 Å². The van der Waals surface area contributed by atoms with E-state index in [1.165, 1.54) is 0 Å². The Balaban J connectivity index is 2.08. The zero-order chi connectivity index (χ0) is 21.0. The molecule has 1 aromatic carbocycles. The third-order valence-corrected chi connectivity index (χ3v) is 5.20. The number of hydrogen-bond donors (Lipinski definition) is 1. The standard InChI is InChI=1S/C21H28ClN5O2/c1-6-8-14(9-7-2)27-17-10-13(3)23-21(20(17)25-26-27)24-19-16(22)11-15(28-4)12-18(19)29-5/h10-12,14H,6-9H2,1-5H3,(H,23,24). The highest BCUT2D eigenvalue weighted by atomic mass is 35.5. The average molecular weight is 418 g/mol. The van der Waals surface area contributed by atoms with Gasteiger partial charge in [0.2, 0.25) is 0 Å². The molecule has 0 atom stereocenters. The van der Waals surface area contributed by atoms with Crippen molar-refractivity contribution in [2.75, 3.05) is 19.5 Å². The van der Waals surface area contributed by atoms with Gasteiger partial charge in [0.1, 0.15) is 17.2 Å². The molecule has 0 amide bonds. The van der Waals surface area contributed by atoms with Crippen molar-refractivity contribution in [3.63, 3.8) is 0 Å². The number of nitrogens with one attached hydrogen (secondary N) is 1. The predicted molar refractivity (Wildman–Crippen MR) is 117 cm³/mol. The molecule has 0 spiro atoms. The number of aromatic nitrogens is 4. The highest BCUT2D eigenvalue weighted by Gasteiger charge is 2.20. The molecular formula is C21H28ClN5O2. The number of methoxy groups -OCH3 is 2. The third kappa shape index (κ3) is 4.40. The van der Waals surface area contributed by atoms with Crippen molar-refractivity contribution in [1.82, 2.24) is 20.0 Å². The van der Waals surface area contributed by atoms with E-state index >= 15 is 0 Å². The first-order chi connectivity index (χ1) is 14.0. The second-order valence-corrected chi connectivity index (χ2v) is 7.46. The first-order valence-electron chi connectivity index (χ1n) is 9.93.